The van der Waals surface area contributed by atoms with Crippen LogP contribution in [0, 0.1) is 0 Å². The highest BCUT2D eigenvalue weighted by molar-refractivity contribution is 5.84. The maximum absolute atomic E-state index is 12.0. The molecule has 0 unspecified atom stereocenters. The normalized spacial score (nSPS) is 10.2. The van der Waals surface area contributed by atoms with Gasteiger partial charge in [0, 0.05) is 0 Å². The molecule has 3 aromatic carbocycles. The Hall–Kier alpha value is -4.46. The molecule has 0 fully saturated rings. The van der Waals surface area contributed by atoms with E-state index in [1.807, 2.05) is 60.7 Å². The number of esters is 2. The first-order valence-electron chi connectivity index (χ1n) is 11.5. The average Bonchev–Trinajstić information content (AvgIpc) is 2.90. The number of carbonyl (C=O) groups is 4. The third-order valence-corrected chi connectivity index (χ3v) is 5.07. The molecular weight excluding hydrogens is 460 g/mol. The number of carbonyl (C=O) groups excluding carboxylic acids is 4. The van der Waals surface area contributed by atoms with Crippen molar-refractivity contribution in [3.8, 4) is 0 Å². The summed E-state index contributed by atoms with van der Waals surface area (Å²) in [6.07, 6.45) is 0.372. The third-order valence-electron chi connectivity index (χ3n) is 5.07. The van der Waals surface area contributed by atoms with Gasteiger partial charge >= 0.3 is 11.9 Å². The zero-order chi connectivity index (χ0) is 25.6. The largest absolute Gasteiger partial charge is 0.460 e. The highest BCUT2D eigenvalue weighted by Crippen LogP contribution is 2.08. The maximum atomic E-state index is 12.0. The molecule has 3 aromatic rings. The zero-order valence-corrected chi connectivity index (χ0v) is 19.8. The molecule has 8 nitrogen and oxygen atoms in total. The fourth-order valence-corrected chi connectivity index (χ4v) is 3.27. The van der Waals surface area contributed by atoms with Gasteiger partial charge in [-0.3, -0.25) is 19.2 Å². The lowest BCUT2D eigenvalue weighted by atomic mass is 10.1. The van der Waals surface area contributed by atoms with Gasteiger partial charge in [0.2, 0.25) is 11.8 Å². The van der Waals surface area contributed by atoms with Gasteiger partial charge in [0.15, 0.2) is 0 Å². The van der Waals surface area contributed by atoms with Gasteiger partial charge in [-0.05, 0) is 28.3 Å². The van der Waals surface area contributed by atoms with E-state index in [0.717, 1.165) is 11.1 Å². The highest BCUT2D eigenvalue weighted by atomic mass is 16.5. The first-order valence-corrected chi connectivity index (χ1v) is 11.5. The predicted molar refractivity (Wildman–Crippen MR) is 132 cm³/mol. The van der Waals surface area contributed by atoms with Gasteiger partial charge in [-0.15, -0.1) is 0 Å². The molecule has 0 aliphatic heterocycles. The smallest absolute Gasteiger partial charge is 0.325 e. The Bertz CT molecular complexity index is 1080. The van der Waals surface area contributed by atoms with E-state index in [-0.39, 0.29) is 51.0 Å². The number of rotatable bonds is 12. The number of nitrogens with one attached hydrogen (secondary N) is 2. The quantitative estimate of drug-likeness (QED) is 0.379. The second-order valence-corrected chi connectivity index (χ2v) is 8.02. The molecule has 0 aliphatic carbocycles. The van der Waals surface area contributed by atoms with Crippen molar-refractivity contribution in [3.05, 3.63) is 107 Å². The third kappa shape index (κ3) is 9.80. The van der Waals surface area contributed by atoms with Crippen LogP contribution in [0.3, 0.4) is 0 Å². The molecule has 0 radical (unpaired) electrons. The van der Waals surface area contributed by atoms with Gasteiger partial charge < -0.3 is 20.1 Å². The van der Waals surface area contributed by atoms with Gasteiger partial charge in [0.1, 0.15) is 26.3 Å². The highest BCUT2D eigenvalue weighted by Gasteiger charge is 2.10. The van der Waals surface area contributed by atoms with Crippen molar-refractivity contribution in [2.75, 3.05) is 13.1 Å². The zero-order valence-electron chi connectivity index (χ0n) is 19.8. The summed E-state index contributed by atoms with van der Waals surface area (Å²) in [6.45, 7) is -0.409. The molecule has 2 N–H and O–H groups in total. The molecule has 0 bridgehead atoms. The van der Waals surface area contributed by atoms with Crippen LogP contribution < -0.4 is 10.6 Å². The monoisotopic (exact) mass is 488 g/mol. The molecule has 0 spiro atoms. The number of amides is 2. The first kappa shape index (κ1) is 26.2. The van der Waals surface area contributed by atoms with Crippen molar-refractivity contribution in [2.24, 2.45) is 0 Å². The summed E-state index contributed by atoms with van der Waals surface area (Å²) in [4.78, 5) is 47.8. The van der Waals surface area contributed by atoms with Crippen molar-refractivity contribution in [3.63, 3.8) is 0 Å². The van der Waals surface area contributed by atoms with Crippen LogP contribution in [0.2, 0.25) is 0 Å². The summed E-state index contributed by atoms with van der Waals surface area (Å²) < 4.78 is 10.4. The Balaban J connectivity index is 1.33. The number of benzene rings is 3. The molecule has 0 saturated heterocycles. The molecular formula is C28H28N2O6. The van der Waals surface area contributed by atoms with Crippen LogP contribution in [0.1, 0.15) is 22.3 Å². The van der Waals surface area contributed by atoms with E-state index in [1.165, 1.54) is 0 Å². The van der Waals surface area contributed by atoms with E-state index >= 15 is 0 Å². The van der Waals surface area contributed by atoms with Crippen LogP contribution in [-0.2, 0) is 54.7 Å². The fraction of sp³-hybridized carbons (Fsp3) is 0.214. The van der Waals surface area contributed by atoms with Crippen LogP contribution in [0.25, 0.3) is 0 Å². The summed E-state index contributed by atoms with van der Waals surface area (Å²) in [5.41, 5.74) is 3.14. The van der Waals surface area contributed by atoms with Crippen molar-refractivity contribution in [1.29, 1.82) is 0 Å². The average molecular weight is 489 g/mol. The maximum Gasteiger partial charge on any atom is 0.325 e. The van der Waals surface area contributed by atoms with Gasteiger partial charge in [-0.25, -0.2) is 0 Å². The predicted octanol–water partition coefficient (Wildman–Crippen LogP) is 2.49. The van der Waals surface area contributed by atoms with Crippen molar-refractivity contribution >= 4 is 23.8 Å². The molecule has 0 heterocycles. The Morgan fingerprint density at radius 2 is 0.917 bits per heavy atom. The SMILES string of the molecule is O=C(Cc1ccccc1)NCC(=O)OCc1cccc(COC(=O)CNC(=O)Cc2ccccc2)c1. The lowest BCUT2D eigenvalue weighted by Crippen LogP contribution is -2.31. The lowest BCUT2D eigenvalue weighted by molar-refractivity contribution is -0.145. The van der Waals surface area contributed by atoms with E-state index in [2.05, 4.69) is 10.6 Å². The molecule has 2 amide bonds. The van der Waals surface area contributed by atoms with Gasteiger partial charge in [-0.2, -0.15) is 0 Å². The molecule has 0 atom stereocenters. The number of hydrogen-bond donors (Lipinski definition) is 2. The van der Waals surface area contributed by atoms with E-state index in [9.17, 15) is 19.2 Å². The molecule has 3 rings (SSSR count). The van der Waals surface area contributed by atoms with Gasteiger partial charge in [-0.1, -0.05) is 78.9 Å². The minimum atomic E-state index is -0.556. The van der Waals surface area contributed by atoms with Gasteiger partial charge in [0.25, 0.3) is 0 Å². The van der Waals surface area contributed by atoms with Gasteiger partial charge in [0.05, 0.1) is 12.8 Å². The molecule has 0 saturated carbocycles. The summed E-state index contributed by atoms with van der Waals surface area (Å²) in [5, 5.41) is 5.09. The minimum absolute atomic E-state index is 0.0186. The summed E-state index contributed by atoms with van der Waals surface area (Å²) in [7, 11) is 0. The molecule has 0 aliphatic rings. The Morgan fingerprint density at radius 3 is 1.33 bits per heavy atom. The topological polar surface area (TPSA) is 111 Å². The minimum Gasteiger partial charge on any atom is -0.460 e. The summed E-state index contributed by atoms with van der Waals surface area (Å²) >= 11 is 0. The molecule has 8 heteroatoms. The van der Waals surface area contributed by atoms with E-state index < -0.39 is 11.9 Å². The van der Waals surface area contributed by atoms with Crippen LogP contribution in [0.5, 0.6) is 0 Å². The van der Waals surface area contributed by atoms with Crippen LogP contribution >= 0.6 is 0 Å². The summed E-state index contributed by atoms with van der Waals surface area (Å²) in [6, 6.07) is 25.5. The number of hydrogen-bond acceptors (Lipinski definition) is 6. The standard InChI is InChI=1S/C28H28N2O6/c31-25(15-21-8-3-1-4-9-21)29-17-27(33)35-19-23-12-7-13-24(14-23)20-36-28(34)18-30-26(32)16-22-10-5-2-6-11-22/h1-14H,15-20H2,(H,29,31)(H,30,32). The van der Waals surface area contributed by atoms with Crippen LogP contribution in [-0.4, -0.2) is 36.8 Å². The number of ether oxygens (including phenoxy) is 2. The second kappa shape index (κ2) is 14.1. The van der Waals surface area contributed by atoms with Crippen molar-refractivity contribution in [1.82, 2.24) is 10.6 Å². The van der Waals surface area contributed by atoms with Crippen LogP contribution in [0.4, 0.5) is 0 Å². The van der Waals surface area contributed by atoms with Crippen molar-refractivity contribution in [2.45, 2.75) is 26.1 Å². The molecule has 186 valence electrons. The van der Waals surface area contributed by atoms with Crippen LogP contribution in [0.15, 0.2) is 84.9 Å². The van der Waals surface area contributed by atoms with E-state index in [1.54, 1.807) is 24.3 Å². The fourth-order valence-electron chi connectivity index (χ4n) is 3.27. The lowest BCUT2D eigenvalue weighted by Gasteiger charge is -2.09. The molecule has 0 aromatic heterocycles. The van der Waals surface area contributed by atoms with E-state index in [4.69, 9.17) is 9.47 Å². The Morgan fingerprint density at radius 1 is 0.528 bits per heavy atom. The first-order chi connectivity index (χ1) is 17.5. The molecule has 36 heavy (non-hydrogen) atoms. The summed E-state index contributed by atoms with van der Waals surface area (Å²) in [5.74, 6) is -1.64. The Labute approximate surface area is 209 Å². The Kier molecular flexibility index (Phi) is 10.2. The van der Waals surface area contributed by atoms with E-state index in [0.29, 0.717) is 11.1 Å². The second-order valence-electron chi connectivity index (χ2n) is 8.02. The van der Waals surface area contributed by atoms with Crippen molar-refractivity contribution < 1.29 is 28.7 Å².